The monoisotopic (exact) mass is 407 g/mol. The highest BCUT2D eigenvalue weighted by atomic mass is 16.5. The summed E-state index contributed by atoms with van der Waals surface area (Å²) in [5.74, 6) is 2.14. The lowest BCUT2D eigenvalue weighted by Crippen LogP contribution is -2.23. The third-order valence-corrected chi connectivity index (χ3v) is 5.48. The summed E-state index contributed by atoms with van der Waals surface area (Å²) in [6.45, 7) is 8.44. The van der Waals surface area contributed by atoms with Crippen LogP contribution in [0.4, 0.5) is 0 Å². The minimum Gasteiger partial charge on any atom is -0.494 e. The molecule has 5 nitrogen and oxygen atoms in total. The molecule has 0 atom stereocenters. The van der Waals surface area contributed by atoms with Crippen LogP contribution in [-0.2, 0) is 17.8 Å². The SMILES string of the molecule is CCC(=O)NCCCc1nc2ccccc2n1CCCCOc1ccc(C)c(C)c1. The number of imidazole rings is 1. The zero-order chi connectivity index (χ0) is 21.3. The van der Waals surface area contributed by atoms with E-state index in [0.29, 0.717) is 19.6 Å². The number of nitrogens with one attached hydrogen (secondary N) is 1. The van der Waals surface area contributed by atoms with E-state index in [1.54, 1.807) is 0 Å². The second kappa shape index (κ2) is 10.8. The van der Waals surface area contributed by atoms with Crippen molar-refractivity contribution in [2.75, 3.05) is 13.2 Å². The Morgan fingerprint density at radius 2 is 1.90 bits per heavy atom. The molecule has 0 fully saturated rings. The van der Waals surface area contributed by atoms with E-state index in [2.05, 4.69) is 54.1 Å². The summed E-state index contributed by atoms with van der Waals surface area (Å²) in [5, 5.41) is 2.95. The topological polar surface area (TPSA) is 56.2 Å². The van der Waals surface area contributed by atoms with Gasteiger partial charge in [0.15, 0.2) is 0 Å². The molecule has 0 bridgehead atoms. The van der Waals surface area contributed by atoms with E-state index in [4.69, 9.17) is 9.72 Å². The first-order chi connectivity index (χ1) is 14.6. The third kappa shape index (κ3) is 5.85. The fourth-order valence-electron chi connectivity index (χ4n) is 3.53. The normalized spacial score (nSPS) is 11.0. The lowest BCUT2D eigenvalue weighted by Gasteiger charge is -2.11. The number of para-hydroxylation sites is 2. The van der Waals surface area contributed by atoms with Gasteiger partial charge in [-0.1, -0.05) is 25.1 Å². The van der Waals surface area contributed by atoms with E-state index in [-0.39, 0.29) is 5.91 Å². The van der Waals surface area contributed by atoms with Gasteiger partial charge in [-0.05, 0) is 68.5 Å². The van der Waals surface area contributed by atoms with Gasteiger partial charge >= 0.3 is 0 Å². The molecule has 30 heavy (non-hydrogen) atoms. The van der Waals surface area contributed by atoms with Crippen LogP contribution in [-0.4, -0.2) is 28.6 Å². The van der Waals surface area contributed by atoms with Crippen molar-refractivity contribution in [2.24, 2.45) is 0 Å². The maximum absolute atomic E-state index is 11.4. The summed E-state index contributed by atoms with van der Waals surface area (Å²) < 4.78 is 8.25. The summed E-state index contributed by atoms with van der Waals surface area (Å²) in [5.41, 5.74) is 4.77. The Morgan fingerprint density at radius 3 is 2.70 bits per heavy atom. The van der Waals surface area contributed by atoms with E-state index < -0.39 is 0 Å². The Balaban J connectivity index is 1.53. The number of aromatic nitrogens is 2. The number of benzene rings is 2. The van der Waals surface area contributed by atoms with Gasteiger partial charge in [0.05, 0.1) is 17.6 Å². The fraction of sp³-hybridized carbons (Fsp3) is 0.440. The molecule has 0 aliphatic carbocycles. The molecule has 1 heterocycles. The van der Waals surface area contributed by atoms with Crippen LogP contribution < -0.4 is 10.1 Å². The van der Waals surface area contributed by atoms with Gasteiger partial charge in [-0.25, -0.2) is 4.98 Å². The first kappa shape index (κ1) is 21.9. The molecule has 0 saturated carbocycles. The molecule has 3 rings (SSSR count). The third-order valence-electron chi connectivity index (χ3n) is 5.48. The van der Waals surface area contributed by atoms with Crippen molar-refractivity contribution in [3.63, 3.8) is 0 Å². The van der Waals surface area contributed by atoms with Crippen molar-refractivity contribution in [3.05, 3.63) is 59.4 Å². The van der Waals surface area contributed by atoms with E-state index in [1.807, 2.05) is 19.1 Å². The highest BCUT2D eigenvalue weighted by Gasteiger charge is 2.10. The van der Waals surface area contributed by atoms with E-state index in [1.165, 1.54) is 16.6 Å². The number of fused-ring (bicyclic) bond motifs is 1. The van der Waals surface area contributed by atoms with E-state index in [0.717, 1.165) is 49.3 Å². The molecule has 160 valence electrons. The average Bonchev–Trinajstić information content (AvgIpc) is 3.10. The first-order valence-electron chi connectivity index (χ1n) is 11.0. The molecular formula is C25H33N3O2. The Hall–Kier alpha value is -2.82. The quantitative estimate of drug-likeness (QED) is 0.457. The van der Waals surface area contributed by atoms with Gasteiger partial charge < -0.3 is 14.6 Å². The first-order valence-corrected chi connectivity index (χ1v) is 11.0. The second-order valence-electron chi connectivity index (χ2n) is 7.78. The van der Waals surface area contributed by atoms with Crippen LogP contribution >= 0.6 is 0 Å². The number of carbonyl (C=O) groups excluding carboxylic acids is 1. The average molecular weight is 408 g/mol. The molecule has 0 saturated heterocycles. The van der Waals surface area contributed by atoms with Gasteiger partial charge in [0.2, 0.25) is 5.91 Å². The standard InChI is InChI=1S/C25H33N3O2/c1-4-25(29)26-15-9-12-24-27-22-10-5-6-11-23(22)28(24)16-7-8-17-30-21-14-13-19(2)20(3)18-21/h5-6,10-11,13-14,18H,4,7-9,12,15-17H2,1-3H3,(H,26,29). The molecule has 1 aromatic heterocycles. The van der Waals surface area contributed by atoms with Crippen LogP contribution in [0.15, 0.2) is 42.5 Å². The van der Waals surface area contributed by atoms with Crippen molar-refractivity contribution < 1.29 is 9.53 Å². The maximum atomic E-state index is 11.4. The van der Waals surface area contributed by atoms with Crippen molar-refractivity contribution in [2.45, 2.75) is 59.4 Å². The molecule has 2 aromatic carbocycles. The van der Waals surface area contributed by atoms with Gasteiger partial charge in [0.25, 0.3) is 0 Å². The fourth-order valence-corrected chi connectivity index (χ4v) is 3.53. The summed E-state index contributed by atoms with van der Waals surface area (Å²) in [7, 11) is 0. The van der Waals surface area contributed by atoms with Crippen molar-refractivity contribution >= 4 is 16.9 Å². The Bertz CT molecular complexity index is 978. The van der Waals surface area contributed by atoms with Crippen LogP contribution in [0.2, 0.25) is 0 Å². The van der Waals surface area contributed by atoms with Crippen molar-refractivity contribution in [1.29, 1.82) is 0 Å². The number of aryl methyl sites for hydroxylation is 4. The van der Waals surface area contributed by atoms with Crippen LogP contribution in [0.3, 0.4) is 0 Å². The molecule has 1 N–H and O–H groups in total. The van der Waals surface area contributed by atoms with Crippen LogP contribution in [0, 0.1) is 13.8 Å². The zero-order valence-electron chi connectivity index (χ0n) is 18.4. The number of nitrogens with zero attached hydrogens (tertiary/aromatic N) is 2. The summed E-state index contributed by atoms with van der Waals surface area (Å²) >= 11 is 0. The molecule has 3 aromatic rings. The molecule has 1 amide bonds. The lowest BCUT2D eigenvalue weighted by atomic mass is 10.1. The molecule has 5 heteroatoms. The highest BCUT2D eigenvalue weighted by molar-refractivity contribution is 5.76. The number of unbranched alkanes of at least 4 members (excludes halogenated alkanes) is 1. The number of ether oxygens (including phenoxy) is 1. The predicted octanol–water partition coefficient (Wildman–Crippen LogP) is 4.97. The smallest absolute Gasteiger partial charge is 0.219 e. The summed E-state index contributed by atoms with van der Waals surface area (Å²) in [6.07, 6.45) is 4.31. The zero-order valence-corrected chi connectivity index (χ0v) is 18.4. The van der Waals surface area contributed by atoms with Gasteiger partial charge in [-0.3, -0.25) is 4.79 Å². The van der Waals surface area contributed by atoms with E-state index >= 15 is 0 Å². The molecular weight excluding hydrogens is 374 g/mol. The van der Waals surface area contributed by atoms with Crippen LogP contribution in [0.25, 0.3) is 11.0 Å². The largest absolute Gasteiger partial charge is 0.494 e. The van der Waals surface area contributed by atoms with Gasteiger partial charge in [0, 0.05) is 25.9 Å². The van der Waals surface area contributed by atoms with Crippen molar-refractivity contribution in [1.82, 2.24) is 14.9 Å². The number of hydrogen-bond acceptors (Lipinski definition) is 3. The van der Waals surface area contributed by atoms with Gasteiger partial charge in [-0.15, -0.1) is 0 Å². The lowest BCUT2D eigenvalue weighted by molar-refractivity contribution is -0.120. The molecule has 0 aliphatic rings. The second-order valence-corrected chi connectivity index (χ2v) is 7.78. The maximum Gasteiger partial charge on any atom is 0.219 e. The highest BCUT2D eigenvalue weighted by Crippen LogP contribution is 2.19. The number of amides is 1. The summed E-state index contributed by atoms with van der Waals surface area (Å²) in [4.78, 5) is 16.3. The number of rotatable bonds is 11. The number of hydrogen-bond donors (Lipinski definition) is 1. The van der Waals surface area contributed by atoms with Crippen LogP contribution in [0.5, 0.6) is 5.75 Å². The Kier molecular flexibility index (Phi) is 7.89. The molecule has 0 radical (unpaired) electrons. The minimum atomic E-state index is 0.104. The Labute approximate surface area is 179 Å². The Morgan fingerprint density at radius 1 is 1.07 bits per heavy atom. The van der Waals surface area contributed by atoms with Gasteiger partial charge in [0.1, 0.15) is 11.6 Å². The molecule has 0 aliphatic heterocycles. The van der Waals surface area contributed by atoms with Crippen molar-refractivity contribution in [3.8, 4) is 5.75 Å². The summed E-state index contributed by atoms with van der Waals surface area (Å²) in [6, 6.07) is 14.6. The molecule has 0 spiro atoms. The predicted molar refractivity (Wildman–Crippen MR) is 122 cm³/mol. The molecule has 0 unspecified atom stereocenters. The van der Waals surface area contributed by atoms with Gasteiger partial charge in [-0.2, -0.15) is 0 Å². The number of carbonyl (C=O) groups is 1. The van der Waals surface area contributed by atoms with Crippen LogP contribution in [0.1, 0.15) is 49.6 Å². The minimum absolute atomic E-state index is 0.104. The van der Waals surface area contributed by atoms with E-state index in [9.17, 15) is 4.79 Å².